The zero-order valence-corrected chi connectivity index (χ0v) is 12.0. The van der Waals surface area contributed by atoms with Crippen molar-refractivity contribution in [2.45, 2.75) is 46.7 Å². The first-order valence-electron chi connectivity index (χ1n) is 5.76. The summed E-state index contributed by atoms with van der Waals surface area (Å²) >= 11 is 1.79. The van der Waals surface area contributed by atoms with Crippen molar-refractivity contribution in [1.29, 1.82) is 0 Å². The molecule has 4 heteroatoms. The number of rotatable bonds is 4. The van der Waals surface area contributed by atoms with Crippen LogP contribution in [0.4, 0.5) is 5.13 Å². The largest absolute Gasteiger partial charge is 0.351 e. The summed E-state index contributed by atoms with van der Waals surface area (Å²) in [4.78, 5) is 8.10. The van der Waals surface area contributed by atoms with Gasteiger partial charge in [-0.05, 0) is 34.6 Å². The van der Waals surface area contributed by atoms with Crippen LogP contribution in [-0.2, 0) is 6.54 Å². The minimum Gasteiger partial charge on any atom is -0.351 e. The van der Waals surface area contributed by atoms with Crippen molar-refractivity contribution >= 4 is 16.5 Å². The Balaban J connectivity index is 2.71. The quantitative estimate of drug-likeness (QED) is 0.878. The van der Waals surface area contributed by atoms with E-state index in [0.29, 0.717) is 0 Å². The lowest BCUT2D eigenvalue weighted by molar-refractivity contribution is 0.425. The lowest BCUT2D eigenvalue weighted by atomic mass is 10.1. The molecule has 0 saturated heterocycles. The first-order valence-corrected chi connectivity index (χ1v) is 6.57. The van der Waals surface area contributed by atoms with E-state index in [2.05, 4.69) is 56.9 Å². The molecule has 1 aromatic rings. The maximum atomic E-state index is 4.59. The summed E-state index contributed by atoms with van der Waals surface area (Å²) in [6.45, 7) is 12.7. The summed E-state index contributed by atoms with van der Waals surface area (Å²) in [5, 5.41) is 4.62. The van der Waals surface area contributed by atoms with E-state index in [1.54, 1.807) is 11.3 Å². The van der Waals surface area contributed by atoms with Gasteiger partial charge in [0.1, 0.15) is 0 Å². The zero-order valence-electron chi connectivity index (χ0n) is 11.2. The second kappa shape index (κ2) is 5.15. The summed E-state index contributed by atoms with van der Waals surface area (Å²) in [6.07, 6.45) is 0. The standard InChI is InChI=1S/C12H23N3S/c1-7-15(6)11-14-9(2)10(16-11)8-13-12(3,4)5/h13H,7-8H2,1-6H3. The van der Waals surface area contributed by atoms with E-state index >= 15 is 0 Å². The van der Waals surface area contributed by atoms with Crippen LogP contribution in [0.25, 0.3) is 0 Å². The van der Waals surface area contributed by atoms with Crippen molar-refractivity contribution in [2.75, 3.05) is 18.5 Å². The third-order valence-corrected chi connectivity index (χ3v) is 3.73. The highest BCUT2D eigenvalue weighted by Crippen LogP contribution is 2.25. The van der Waals surface area contributed by atoms with Crippen LogP contribution in [0.1, 0.15) is 38.3 Å². The molecule has 1 heterocycles. The molecule has 0 aromatic carbocycles. The van der Waals surface area contributed by atoms with Crippen molar-refractivity contribution in [3.63, 3.8) is 0 Å². The van der Waals surface area contributed by atoms with Crippen LogP contribution in [0.3, 0.4) is 0 Å². The monoisotopic (exact) mass is 241 g/mol. The van der Waals surface area contributed by atoms with Gasteiger partial charge in [0.2, 0.25) is 0 Å². The van der Waals surface area contributed by atoms with Crippen molar-refractivity contribution in [3.05, 3.63) is 10.6 Å². The smallest absolute Gasteiger partial charge is 0.185 e. The van der Waals surface area contributed by atoms with E-state index < -0.39 is 0 Å². The van der Waals surface area contributed by atoms with Crippen LogP contribution in [0.2, 0.25) is 0 Å². The van der Waals surface area contributed by atoms with E-state index in [9.17, 15) is 0 Å². The zero-order chi connectivity index (χ0) is 12.3. The summed E-state index contributed by atoms with van der Waals surface area (Å²) in [5.41, 5.74) is 1.31. The van der Waals surface area contributed by atoms with Crippen LogP contribution in [-0.4, -0.2) is 24.1 Å². The molecule has 0 aliphatic carbocycles. The van der Waals surface area contributed by atoms with Gasteiger partial charge in [-0.1, -0.05) is 0 Å². The molecule has 1 rings (SSSR count). The molecule has 3 nitrogen and oxygen atoms in total. The first-order chi connectivity index (χ1) is 7.33. The summed E-state index contributed by atoms with van der Waals surface area (Å²) in [6, 6.07) is 0. The number of nitrogens with zero attached hydrogens (tertiary/aromatic N) is 2. The number of hydrogen-bond donors (Lipinski definition) is 1. The van der Waals surface area contributed by atoms with E-state index in [-0.39, 0.29) is 5.54 Å². The molecule has 0 saturated carbocycles. The maximum Gasteiger partial charge on any atom is 0.185 e. The first kappa shape index (κ1) is 13.5. The third kappa shape index (κ3) is 3.76. The Hall–Kier alpha value is -0.610. The van der Waals surface area contributed by atoms with Crippen LogP contribution in [0, 0.1) is 6.92 Å². The molecule has 0 aliphatic heterocycles. The Labute approximate surface area is 103 Å². The van der Waals surface area contributed by atoms with Gasteiger partial charge in [0.15, 0.2) is 5.13 Å². The van der Waals surface area contributed by atoms with Gasteiger partial charge in [0.05, 0.1) is 5.69 Å². The predicted molar refractivity (Wildman–Crippen MR) is 72.4 cm³/mol. The Morgan fingerprint density at radius 3 is 2.50 bits per heavy atom. The highest BCUT2D eigenvalue weighted by Gasteiger charge is 2.13. The summed E-state index contributed by atoms with van der Waals surface area (Å²) in [5.74, 6) is 0. The van der Waals surface area contributed by atoms with E-state index in [1.165, 1.54) is 4.88 Å². The predicted octanol–water partition coefficient (Wildman–Crippen LogP) is 2.80. The molecule has 1 aromatic heterocycles. The number of hydrogen-bond acceptors (Lipinski definition) is 4. The number of anilines is 1. The highest BCUT2D eigenvalue weighted by atomic mass is 32.1. The van der Waals surface area contributed by atoms with E-state index in [0.717, 1.165) is 23.9 Å². The van der Waals surface area contributed by atoms with Crippen molar-refractivity contribution in [1.82, 2.24) is 10.3 Å². The Kier molecular flexibility index (Phi) is 4.33. The fourth-order valence-corrected chi connectivity index (χ4v) is 2.25. The summed E-state index contributed by atoms with van der Waals surface area (Å²) in [7, 11) is 2.08. The topological polar surface area (TPSA) is 28.2 Å². The van der Waals surface area contributed by atoms with Crippen LogP contribution in [0.15, 0.2) is 0 Å². The van der Waals surface area contributed by atoms with E-state index in [1.807, 2.05) is 0 Å². The fraction of sp³-hybridized carbons (Fsp3) is 0.750. The van der Waals surface area contributed by atoms with Crippen molar-refractivity contribution < 1.29 is 0 Å². The number of thiazole rings is 1. The molecule has 0 radical (unpaired) electrons. The minimum absolute atomic E-state index is 0.160. The average molecular weight is 241 g/mol. The number of aryl methyl sites for hydroxylation is 1. The fourth-order valence-electron chi connectivity index (χ4n) is 1.22. The molecule has 0 spiro atoms. The number of nitrogens with one attached hydrogen (secondary N) is 1. The van der Waals surface area contributed by atoms with Gasteiger partial charge in [-0.25, -0.2) is 4.98 Å². The van der Waals surface area contributed by atoms with Crippen LogP contribution < -0.4 is 10.2 Å². The van der Waals surface area contributed by atoms with E-state index in [4.69, 9.17) is 0 Å². The van der Waals surface area contributed by atoms with Crippen molar-refractivity contribution in [2.24, 2.45) is 0 Å². The lowest BCUT2D eigenvalue weighted by Gasteiger charge is -2.19. The Morgan fingerprint density at radius 1 is 1.38 bits per heavy atom. The average Bonchev–Trinajstić information content (AvgIpc) is 2.54. The van der Waals surface area contributed by atoms with Crippen molar-refractivity contribution in [3.8, 4) is 0 Å². The molecule has 0 atom stereocenters. The highest BCUT2D eigenvalue weighted by molar-refractivity contribution is 7.15. The molecule has 0 bridgehead atoms. The van der Waals surface area contributed by atoms with Crippen LogP contribution >= 0.6 is 11.3 Å². The molecule has 92 valence electrons. The van der Waals surface area contributed by atoms with Gasteiger partial charge in [-0.3, -0.25) is 0 Å². The third-order valence-electron chi connectivity index (χ3n) is 2.46. The van der Waals surface area contributed by atoms with Gasteiger partial charge >= 0.3 is 0 Å². The normalized spacial score (nSPS) is 11.9. The summed E-state index contributed by atoms with van der Waals surface area (Å²) < 4.78 is 0. The maximum absolute atomic E-state index is 4.59. The van der Waals surface area contributed by atoms with Gasteiger partial charge in [0, 0.05) is 30.6 Å². The second-order valence-corrected chi connectivity index (χ2v) is 6.18. The molecule has 0 unspecified atom stereocenters. The van der Waals surface area contributed by atoms with Crippen LogP contribution in [0.5, 0.6) is 0 Å². The molecule has 0 fully saturated rings. The lowest BCUT2D eigenvalue weighted by Crippen LogP contribution is -2.34. The number of aromatic nitrogens is 1. The van der Waals surface area contributed by atoms with Gasteiger partial charge in [-0.15, -0.1) is 11.3 Å². The molecular weight excluding hydrogens is 218 g/mol. The van der Waals surface area contributed by atoms with Gasteiger partial charge < -0.3 is 10.2 Å². The molecule has 0 amide bonds. The molecule has 0 aliphatic rings. The molecular formula is C12H23N3S. The van der Waals surface area contributed by atoms with Gasteiger partial charge in [0.25, 0.3) is 0 Å². The minimum atomic E-state index is 0.160. The second-order valence-electron chi connectivity index (χ2n) is 5.12. The Bertz CT molecular complexity index is 339. The Morgan fingerprint density at radius 2 is 2.00 bits per heavy atom. The molecule has 16 heavy (non-hydrogen) atoms. The van der Waals surface area contributed by atoms with Gasteiger partial charge in [-0.2, -0.15) is 0 Å². The molecule has 1 N–H and O–H groups in total. The SMILES string of the molecule is CCN(C)c1nc(C)c(CNC(C)(C)C)s1.